The molecule has 1 aromatic carbocycles. The summed E-state index contributed by atoms with van der Waals surface area (Å²) in [6.45, 7) is 0. The summed E-state index contributed by atoms with van der Waals surface area (Å²) >= 11 is 3.44. The Bertz CT molecular complexity index is 434. The Morgan fingerprint density at radius 3 is 2.86 bits per heavy atom. The maximum atomic E-state index is 4.59. The van der Waals surface area contributed by atoms with Gasteiger partial charge in [-0.25, -0.2) is 4.98 Å². The van der Waals surface area contributed by atoms with Crippen molar-refractivity contribution in [2.24, 2.45) is 7.05 Å². The Morgan fingerprint density at radius 2 is 2.14 bits per heavy atom. The van der Waals surface area contributed by atoms with Crippen LogP contribution in [0, 0.1) is 0 Å². The van der Waals surface area contributed by atoms with E-state index in [1.807, 2.05) is 6.07 Å². The molecule has 0 spiro atoms. The number of rotatable bonds is 3. The third-order valence-electron chi connectivity index (χ3n) is 2.41. The van der Waals surface area contributed by atoms with E-state index in [1.165, 1.54) is 11.3 Å². The van der Waals surface area contributed by atoms with Gasteiger partial charge in [-0.1, -0.05) is 28.1 Å². The molecule has 0 atom stereocenters. The quantitative estimate of drug-likeness (QED) is 0.769. The summed E-state index contributed by atoms with van der Waals surface area (Å²) in [6, 6.07) is 8.26. The van der Waals surface area contributed by atoms with E-state index in [0.717, 1.165) is 23.7 Å². The Morgan fingerprint density at radius 1 is 1.36 bits per heavy atom. The number of hydrogen-bond donors (Lipinski definition) is 0. The summed E-state index contributed by atoms with van der Waals surface area (Å²) in [5.74, 6) is 1.17. The van der Waals surface area contributed by atoms with Crippen LogP contribution in [0.3, 0.4) is 0 Å². The molecule has 0 N–H and O–H groups in total. The van der Waals surface area contributed by atoms with E-state index in [2.05, 4.69) is 50.7 Å². The molecule has 0 aliphatic heterocycles. The van der Waals surface area contributed by atoms with Crippen LogP contribution in [0.15, 0.2) is 24.3 Å². The molecule has 0 aliphatic rings. The average Bonchev–Trinajstić information content (AvgIpc) is 2.54. The first kappa shape index (κ1) is 9.71. The van der Waals surface area contributed by atoms with E-state index in [-0.39, 0.29) is 0 Å². The molecular formula is C11H13BrN2. The predicted octanol–water partition coefficient (Wildman–Crippen LogP) is 2.90. The Hall–Kier alpha value is -0.830. The zero-order valence-corrected chi connectivity index (χ0v) is 9.79. The largest absolute Gasteiger partial charge is 0.331 e. The van der Waals surface area contributed by atoms with Gasteiger partial charge < -0.3 is 4.57 Å². The average molecular weight is 253 g/mol. The number of imidazole rings is 1. The highest BCUT2D eigenvalue weighted by Crippen LogP contribution is 2.15. The predicted molar refractivity (Wildman–Crippen MR) is 62.8 cm³/mol. The van der Waals surface area contributed by atoms with E-state index in [0.29, 0.717) is 0 Å². The second kappa shape index (κ2) is 4.13. The van der Waals surface area contributed by atoms with Gasteiger partial charge in [-0.05, 0) is 18.6 Å². The highest BCUT2D eigenvalue weighted by Gasteiger charge is 2.05. The van der Waals surface area contributed by atoms with Crippen LogP contribution in [0.25, 0.3) is 11.0 Å². The summed E-state index contributed by atoms with van der Waals surface area (Å²) in [7, 11) is 2.08. The van der Waals surface area contributed by atoms with Crippen molar-refractivity contribution in [3.63, 3.8) is 0 Å². The second-order valence-corrected chi connectivity index (χ2v) is 4.16. The molecule has 2 rings (SSSR count). The maximum absolute atomic E-state index is 4.59. The molecule has 14 heavy (non-hydrogen) atoms. The highest BCUT2D eigenvalue weighted by molar-refractivity contribution is 9.09. The van der Waals surface area contributed by atoms with Crippen LogP contribution < -0.4 is 0 Å². The van der Waals surface area contributed by atoms with Crippen LogP contribution in [-0.4, -0.2) is 14.9 Å². The van der Waals surface area contributed by atoms with E-state index in [4.69, 9.17) is 0 Å². The van der Waals surface area contributed by atoms with Gasteiger partial charge in [0.05, 0.1) is 11.0 Å². The number of halogens is 1. The minimum absolute atomic E-state index is 1.04. The molecule has 74 valence electrons. The van der Waals surface area contributed by atoms with E-state index < -0.39 is 0 Å². The molecule has 0 bridgehead atoms. The van der Waals surface area contributed by atoms with Crippen LogP contribution in [0.1, 0.15) is 12.2 Å². The molecule has 0 saturated carbocycles. The van der Waals surface area contributed by atoms with Gasteiger partial charge in [-0.3, -0.25) is 0 Å². The third-order valence-corrected chi connectivity index (χ3v) is 2.97. The summed E-state index contributed by atoms with van der Waals surface area (Å²) in [5, 5.41) is 1.04. The van der Waals surface area contributed by atoms with Gasteiger partial charge in [-0.15, -0.1) is 0 Å². The van der Waals surface area contributed by atoms with E-state index >= 15 is 0 Å². The summed E-state index contributed by atoms with van der Waals surface area (Å²) < 4.78 is 2.18. The monoisotopic (exact) mass is 252 g/mol. The number of aromatic nitrogens is 2. The van der Waals surface area contributed by atoms with Crippen molar-refractivity contribution in [1.82, 2.24) is 9.55 Å². The van der Waals surface area contributed by atoms with Crippen molar-refractivity contribution < 1.29 is 0 Å². The van der Waals surface area contributed by atoms with Crippen molar-refractivity contribution in [2.45, 2.75) is 12.8 Å². The normalized spacial score (nSPS) is 11.0. The molecule has 0 unspecified atom stereocenters. The fourth-order valence-corrected chi connectivity index (χ4v) is 1.92. The smallest absolute Gasteiger partial charge is 0.109 e. The SMILES string of the molecule is Cn1c(CCCBr)nc2ccccc21. The van der Waals surface area contributed by atoms with Crippen LogP contribution in [0.2, 0.25) is 0 Å². The first-order valence-corrected chi connectivity index (χ1v) is 5.91. The molecule has 2 nitrogen and oxygen atoms in total. The summed E-state index contributed by atoms with van der Waals surface area (Å²) in [4.78, 5) is 4.59. The molecule has 0 radical (unpaired) electrons. The number of nitrogens with zero attached hydrogens (tertiary/aromatic N) is 2. The molecular weight excluding hydrogens is 240 g/mol. The number of benzene rings is 1. The Labute approximate surface area is 92.1 Å². The third kappa shape index (κ3) is 1.69. The summed E-state index contributed by atoms with van der Waals surface area (Å²) in [5.41, 5.74) is 2.32. The lowest BCUT2D eigenvalue weighted by atomic mass is 10.3. The van der Waals surface area contributed by atoms with Crippen molar-refractivity contribution in [3.8, 4) is 0 Å². The van der Waals surface area contributed by atoms with Crippen LogP contribution >= 0.6 is 15.9 Å². The number of aryl methyl sites for hydroxylation is 2. The first-order chi connectivity index (χ1) is 6.83. The van der Waals surface area contributed by atoms with Gasteiger partial charge in [0.15, 0.2) is 0 Å². The Balaban J connectivity index is 2.41. The Kier molecular flexibility index (Phi) is 2.87. The van der Waals surface area contributed by atoms with Gasteiger partial charge in [-0.2, -0.15) is 0 Å². The molecule has 0 amide bonds. The molecule has 0 fully saturated rings. The molecule has 3 heteroatoms. The molecule has 1 heterocycles. The van der Waals surface area contributed by atoms with Crippen molar-refractivity contribution in [3.05, 3.63) is 30.1 Å². The maximum Gasteiger partial charge on any atom is 0.109 e. The highest BCUT2D eigenvalue weighted by atomic mass is 79.9. The fraction of sp³-hybridized carbons (Fsp3) is 0.364. The zero-order chi connectivity index (χ0) is 9.97. The van der Waals surface area contributed by atoms with Gasteiger partial charge >= 0.3 is 0 Å². The van der Waals surface area contributed by atoms with Gasteiger partial charge in [0.25, 0.3) is 0 Å². The lowest BCUT2D eigenvalue weighted by molar-refractivity contribution is 0.779. The van der Waals surface area contributed by atoms with Crippen LogP contribution in [0.4, 0.5) is 0 Å². The van der Waals surface area contributed by atoms with Gasteiger partial charge in [0.2, 0.25) is 0 Å². The number of alkyl halides is 1. The molecule has 0 aliphatic carbocycles. The van der Waals surface area contributed by atoms with Crippen LogP contribution in [0.5, 0.6) is 0 Å². The number of para-hydroxylation sites is 2. The topological polar surface area (TPSA) is 17.8 Å². The zero-order valence-electron chi connectivity index (χ0n) is 8.20. The molecule has 1 aromatic heterocycles. The lowest BCUT2D eigenvalue weighted by Gasteiger charge is -1.99. The van der Waals surface area contributed by atoms with Gasteiger partial charge in [0.1, 0.15) is 5.82 Å². The van der Waals surface area contributed by atoms with Gasteiger partial charge in [0, 0.05) is 18.8 Å². The number of hydrogen-bond acceptors (Lipinski definition) is 1. The minimum Gasteiger partial charge on any atom is -0.331 e. The van der Waals surface area contributed by atoms with Crippen molar-refractivity contribution in [1.29, 1.82) is 0 Å². The van der Waals surface area contributed by atoms with Crippen molar-refractivity contribution in [2.75, 3.05) is 5.33 Å². The fourth-order valence-electron chi connectivity index (χ4n) is 1.64. The first-order valence-electron chi connectivity index (χ1n) is 4.79. The minimum atomic E-state index is 1.04. The lowest BCUT2D eigenvalue weighted by Crippen LogP contribution is -1.97. The number of fused-ring (bicyclic) bond motifs is 1. The molecule has 0 saturated heterocycles. The second-order valence-electron chi connectivity index (χ2n) is 3.37. The van der Waals surface area contributed by atoms with Crippen LogP contribution in [-0.2, 0) is 13.5 Å². The van der Waals surface area contributed by atoms with E-state index in [1.54, 1.807) is 0 Å². The molecule has 2 aromatic rings. The summed E-state index contributed by atoms with van der Waals surface area (Å²) in [6.07, 6.45) is 2.17. The van der Waals surface area contributed by atoms with Crippen molar-refractivity contribution >= 4 is 27.0 Å². The standard InChI is InChI=1S/C11H13BrN2/c1-14-10-6-3-2-5-9(10)13-11(14)7-4-8-12/h2-3,5-6H,4,7-8H2,1H3. The van der Waals surface area contributed by atoms with E-state index in [9.17, 15) is 0 Å².